The van der Waals surface area contributed by atoms with E-state index in [1.165, 1.54) is 18.2 Å². The molecule has 0 saturated heterocycles. The van der Waals surface area contributed by atoms with Crippen molar-refractivity contribution in [2.24, 2.45) is 0 Å². The van der Waals surface area contributed by atoms with Crippen LogP contribution in [-0.2, 0) is 10.0 Å². The highest BCUT2D eigenvalue weighted by Gasteiger charge is 2.17. The zero-order valence-corrected chi connectivity index (χ0v) is 12.6. The van der Waals surface area contributed by atoms with Gasteiger partial charge in [0.15, 0.2) is 0 Å². The molecule has 0 amide bonds. The van der Waals surface area contributed by atoms with Gasteiger partial charge >= 0.3 is 0 Å². The molecule has 108 valence electrons. The number of aromatic nitrogens is 3. The van der Waals surface area contributed by atoms with Gasteiger partial charge in [-0.1, -0.05) is 0 Å². The molecule has 0 bridgehead atoms. The molecule has 0 aliphatic heterocycles. The zero-order valence-electron chi connectivity index (χ0n) is 11.7. The lowest BCUT2D eigenvalue weighted by molar-refractivity contribution is 0.600. The Hall–Kier alpha value is -2.53. The first-order chi connectivity index (χ1) is 9.83. The Balaban J connectivity index is 2.36. The normalized spacial score (nSPS) is 11.0. The highest BCUT2D eigenvalue weighted by Crippen LogP contribution is 2.17. The molecule has 0 aliphatic rings. The third-order valence-electron chi connectivity index (χ3n) is 2.95. The van der Waals surface area contributed by atoms with E-state index < -0.39 is 10.0 Å². The fraction of sp³-hybridized carbons (Fsp3) is 0.231. The van der Waals surface area contributed by atoms with E-state index in [0.717, 1.165) is 0 Å². The lowest BCUT2D eigenvalue weighted by Crippen LogP contribution is -2.16. The number of aryl methyl sites for hydroxylation is 3. The van der Waals surface area contributed by atoms with Crippen molar-refractivity contribution in [3.8, 4) is 6.07 Å². The molecule has 0 radical (unpaired) electrons. The molecular weight excluding hydrogens is 290 g/mol. The molecule has 0 fully saturated rings. The van der Waals surface area contributed by atoms with Crippen LogP contribution in [0.15, 0.2) is 23.1 Å². The Kier molecular flexibility index (Phi) is 3.86. The quantitative estimate of drug-likeness (QED) is 0.919. The predicted octanol–water partition coefficient (Wildman–Crippen LogP) is 1.47. The molecule has 1 N–H and O–H groups in total. The minimum atomic E-state index is -3.81. The molecule has 8 heteroatoms. The maximum Gasteiger partial charge on any atom is 0.264 e. The number of nitrogens with one attached hydrogen (secondary N) is 1. The minimum Gasteiger partial charge on any atom is -0.246 e. The number of rotatable bonds is 3. The van der Waals surface area contributed by atoms with Crippen molar-refractivity contribution in [2.45, 2.75) is 25.7 Å². The summed E-state index contributed by atoms with van der Waals surface area (Å²) < 4.78 is 26.8. The first-order valence-corrected chi connectivity index (χ1v) is 7.53. The van der Waals surface area contributed by atoms with Crippen molar-refractivity contribution in [3.63, 3.8) is 0 Å². The number of nitriles is 1. The van der Waals surface area contributed by atoms with E-state index in [1.807, 2.05) is 6.07 Å². The number of hydrogen-bond acceptors (Lipinski definition) is 6. The van der Waals surface area contributed by atoms with Gasteiger partial charge in [0.25, 0.3) is 16.0 Å². The van der Waals surface area contributed by atoms with Crippen LogP contribution in [0.4, 0.5) is 5.95 Å². The second kappa shape index (κ2) is 5.46. The monoisotopic (exact) mass is 303 g/mol. The second-order valence-electron chi connectivity index (χ2n) is 4.50. The summed E-state index contributed by atoms with van der Waals surface area (Å²) in [5.74, 6) is -0.0832. The van der Waals surface area contributed by atoms with Crippen LogP contribution in [-0.4, -0.2) is 23.6 Å². The van der Waals surface area contributed by atoms with Gasteiger partial charge in [0.2, 0.25) is 0 Å². The number of nitrogens with zero attached hydrogens (tertiary/aromatic N) is 4. The summed E-state index contributed by atoms with van der Waals surface area (Å²) in [5.41, 5.74) is 2.24. The first kappa shape index (κ1) is 14.9. The van der Waals surface area contributed by atoms with Gasteiger partial charge in [0.05, 0.1) is 27.9 Å². The fourth-order valence-electron chi connectivity index (χ4n) is 1.61. The van der Waals surface area contributed by atoms with Gasteiger partial charge in [-0.2, -0.15) is 10.4 Å². The molecule has 2 rings (SSSR count). The molecule has 0 unspecified atom stereocenters. The van der Waals surface area contributed by atoms with Gasteiger partial charge in [0, 0.05) is 0 Å². The maximum atomic E-state index is 12.2. The van der Waals surface area contributed by atoms with E-state index in [2.05, 4.69) is 19.9 Å². The highest BCUT2D eigenvalue weighted by molar-refractivity contribution is 7.92. The lowest BCUT2D eigenvalue weighted by Gasteiger charge is -2.08. The third-order valence-corrected chi connectivity index (χ3v) is 4.27. The van der Waals surface area contributed by atoms with E-state index in [4.69, 9.17) is 5.26 Å². The summed E-state index contributed by atoms with van der Waals surface area (Å²) in [4.78, 5) is 4.07. The van der Waals surface area contributed by atoms with Crippen LogP contribution in [0.2, 0.25) is 0 Å². The smallest absolute Gasteiger partial charge is 0.246 e. The Morgan fingerprint density at radius 3 is 2.43 bits per heavy atom. The van der Waals surface area contributed by atoms with Gasteiger partial charge in [-0.15, -0.1) is 5.10 Å². The van der Waals surface area contributed by atoms with Crippen LogP contribution >= 0.6 is 0 Å². The average molecular weight is 303 g/mol. The summed E-state index contributed by atoms with van der Waals surface area (Å²) in [6, 6.07) is 6.24. The van der Waals surface area contributed by atoms with Crippen LogP contribution in [0, 0.1) is 32.1 Å². The number of hydrogen-bond donors (Lipinski definition) is 1. The summed E-state index contributed by atoms with van der Waals surface area (Å²) >= 11 is 0. The van der Waals surface area contributed by atoms with Crippen LogP contribution in [0.25, 0.3) is 0 Å². The molecule has 0 aliphatic carbocycles. The topological polar surface area (TPSA) is 109 Å². The molecule has 0 atom stereocenters. The van der Waals surface area contributed by atoms with E-state index in [-0.39, 0.29) is 10.8 Å². The van der Waals surface area contributed by atoms with Crippen molar-refractivity contribution >= 4 is 16.0 Å². The predicted molar refractivity (Wildman–Crippen MR) is 76.0 cm³/mol. The fourth-order valence-corrected chi connectivity index (χ4v) is 2.63. The van der Waals surface area contributed by atoms with Crippen LogP contribution in [0.1, 0.15) is 22.5 Å². The van der Waals surface area contributed by atoms with E-state index in [0.29, 0.717) is 22.5 Å². The molecule has 1 aromatic carbocycles. The highest BCUT2D eigenvalue weighted by atomic mass is 32.2. The molecule has 21 heavy (non-hydrogen) atoms. The zero-order chi connectivity index (χ0) is 15.6. The van der Waals surface area contributed by atoms with Gasteiger partial charge in [0.1, 0.15) is 0 Å². The standard InChI is InChI=1S/C13H13N5O2S/c1-8-6-12(5-4-11(8)7-14)21(19,20)18-13-15-9(2)10(3)16-17-13/h4-6H,1-3H3,(H,15,17,18). The van der Waals surface area contributed by atoms with Crippen molar-refractivity contribution in [1.82, 2.24) is 15.2 Å². The molecule has 0 spiro atoms. The third kappa shape index (κ3) is 3.14. The molecule has 0 saturated carbocycles. The largest absolute Gasteiger partial charge is 0.264 e. The van der Waals surface area contributed by atoms with Crippen molar-refractivity contribution in [1.29, 1.82) is 5.26 Å². The first-order valence-electron chi connectivity index (χ1n) is 6.05. The summed E-state index contributed by atoms with van der Waals surface area (Å²) in [5, 5.41) is 16.4. The molecule has 2 aromatic rings. The van der Waals surface area contributed by atoms with Crippen LogP contribution in [0.3, 0.4) is 0 Å². The summed E-state index contributed by atoms with van der Waals surface area (Å²) in [7, 11) is -3.81. The summed E-state index contributed by atoms with van der Waals surface area (Å²) in [6.07, 6.45) is 0. The van der Waals surface area contributed by atoms with Gasteiger partial charge in [-0.25, -0.2) is 18.1 Å². The van der Waals surface area contributed by atoms with Crippen molar-refractivity contribution in [2.75, 3.05) is 4.72 Å². The van der Waals surface area contributed by atoms with Crippen LogP contribution < -0.4 is 4.72 Å². The van der Waals surface area contributed by atoms with E-state index in [1.54, 1.807) is 20.8 Å². The Labute approximate surface area is 122 Å². The molecule has 1 heterocycles. The van der Waals surface area contributed by atoms with Gasteiger partial charge < -0.3 is 0 Å². The second-order valence-corrected chi connectivity index (χ2v) is 6.18. The molecule has 7 nitrogen and oxygen atoms in total. The minimum absolute atomic E-state index is 0.0424. The van der Waals surface area contributed by atoms with Gasteiger partial charge in [-0.05, 0) is 44.5 Å². The maximum absolute atomic E-state index is 12.2. The average Bonchev–Trinajstić information content (AvgIpc) is 2.42. The Morgan fingerprint density at radius 1 is 1.14 bits per heavy atom. The lowest BCUT2D eigenvalue weighted by atomic mass is 10.1. The van der Waals surface area contributed by atoms with Gasteiger partial charge in [-0.3, -0.25) is 0 Å². The van der Waals surface area contributed by atoms with E-state index >= 15 is 0 Å². The Morgan fingerprint density at radius 2 is 1.86 bits per heavy atom. The van der Waals surface area contributed by atoms with E-state index in [9.17, 15) is 8.42 Å². The van der Waals surface area contributed by atoms with Crippen molar-refractivity contribution < 1.29 is 8.42 Å². The number of benzene rings is 1. The summed E-state index contributed by atoms with van der Waals surface area (Å²) in [6.45, 7) is 5.12. The molecule has 1 aromatic heterocycles. The number of sulfonamides is 1. The number of anilines is 1. The van der Waals surface area contributed by atoms with Crippen molar-refractivity contribution in [3.05, 3.63) is 40.7 Å². The molecular formula is C13H13N5O2S. The SMILES string of the molecule is Cc1cc(S(=O)(=O)Nc2nnc(C)c(C)n2)ccc1C#N. The van der Waals surface area contributed by atoms with Crippen LogP contribution in [0.5, 0.6) is 0 Å². The Bertz CT molecular complexity index is 840.